The van der Waals surface area contributed by atoms with Crippen LogP contribution in [0.2, 0.25) is 0 Å². The summed E-state index contributed by atoms with van der Waals surface area (Å²) in [6, 6.07) is 0. The van der Waals surface area contributed by atoms with Crippen LogP contribution in [-0.4, -0.2) is 54.5 Å². The molecule has 4 nitrogen and oxygen atoms in total. The summed E-state index contributed by atoms with van der Waals surface area (Å²) in [6.07, 6.45) is 8.61. The molecule has 5 aliphatic rings. The molecule has 0 aromatic carbocycles. The maximum Gasteiger partial charge on any atom is 0.220 e. The number of halogens is 1. The molecule has 5 heteroatoms. The van der Waals surface area contributed by atoms with Gasteiger partial charge in [0.25, 0.3) is 0 Å². The van der Waals surface area contributed by atoms with Gasteiger partial charge in [-0.25, -0.2) is 0 Å². The van der Waals surface area contributed by atoms with Crippen LogP contribution in [0.3, 0.4) is 0 Å². The van der Waals surface area contributed by atoms with E-state index >= 15 is 0 Å². The Morgan fingerprint density at radius 3 is 2.52 bits per heavy atom. The molecule has 23 heavy (non-hydrogen) atoms. The molecule has 5 fully saturated rings. The predicted molar refractivity (Wildman–Crippen MR) is 93.7 cm³/mol. The molecule has 130 valence electrons. The number of hydrogen-bond acceptors (Lipinski definition) is 3. The van der Waals surface area contributed by atoms with E-state index in [9.17, 15) is 4.79 Å². The van der Waals surface area contributed by atoms with Crippen LogP contribution >= 0.6 is 15.9 Å². The quantitative estimate of drug-likeness (QED) is 0.740. The van der Waals surface area contributed by atoms with Gasteiger partial charge in [0.2, 0.25) is 5.91 Å². The molecule has 4 bridgehead atoms. The Kier molecular flexibility index (Phi) is 4.48. The van der Waals surface area contributed by atoms with E-state index in [0.717, 1.165) is 57.6 Å². The van der Waals surface area contributed by atoms with Crippen molar-refractivity contribution in [2.75, 3.05) is 39.4 Å². The number of amides is 1. The molecular weight excluding hydrogens is 356 g/mol. The predicted octanol–water partition coefficient (Wildman–Crippen LogP) is 2.56. The molecule has 1 amide bonds. The Hall–Kier alpha value is -0.130. The molecular formula is C18H29BrN2O2. The number of carbonyl (C=O) groups is 1. The normalized spacial score (nSPS) is 42.8. The van der Waals surface area contributed by atoms with Crippen LogP contribution < -0.4 is 5.32 Å². The smallest absolute Gasteiger partial charge is 0.220 e. The number of morpholine rings is 1. The lowest BCUT2D eigenvalue weighted by Gasteiger charge is -2.60. The highest BCUT2D eigenvalue weighted by molar-refractivity contribution is 9.10. The van der Waals surface area contributed by atoms with E-state index in [-0.39, 0.29) is 11.3 Å². The van der Waals surface area contributed by atoms with Gasteiger partial charge in [-0.05, 0) is 55.8 Å². The van der Waals surface area contributed by atoms with Crippen molar-refractivity contribution in [2.45, 2.75) is 49.3 Å². The Morgan fingerprint density at radius 2 is 1.87 bits per heavy atom. The van der Waals surface area contributed by atoms with E-state index in [2.05, 4.69) is 26.1 Å². The minimum Gasteiger partial charge on any atom is -0.379 e. The Morgan fingerprint density at radius 1 is 1.17 bits per heavy atom. The number of ether oxygens (including phenoxy) is 1. The zero-order chi connectivity index (χ0) is 15.9. The van der Waals surface area contributed by atoms with Crippen molar-refractivity contribution in [3.8, 4) is 0 Å². The van der Waals surface area contributed by atoms with Gasteiger partial charge in [-0.3, -0.25) is 9.69 Å². The van der Waals surface area contributed by atoms with Gasteiger partial charge in [0.15, 0.2) is 0 Å². The van der Waals surface area contributed by atoms with Gasteiger partial charge in [0.05, 0.1) is 13.2 Å². The second-order valence-corrected chi connectivity index (χ2v) is 10.3. The fourth-order valence-corrected chi connectivity index (χ4v) is 7.63. The highest BCUT2D eigenvalue weighted by atomic mass is 79.9. The number of nitrogens with one attached hydrogen (secondary N) is 1. The lowest BCUT2D eigenvalue weighted by Crippen LogP contribution is -2.54. The van der Waals surface area contributed by atoms with Gasteiger partial charge in [0.1, 0.15) is 0 Å². The van der Waals surface area contributed by atoms with Crippen LogP contribution in [0.25, 0.3) is 0 Å². The average molecular weight is 385 g/mol. The third-order valence-corrected chi connectivity index (χ3v) is 7.43. The highest BCUT2D eigenvalue weighted by Crippen LogP contribution is 2.65. The van der Waals surface area contributed by atoms with Gasteiger partial charge >= 0.3 is 0 Å². The first kappa shape index (κ1) is 16.3. The van der Waals surface area contributed by atoms with Crippen LogP contribution in [-0.2, 0) is 9.53 Å². The van der Waals surface area contributed by atoms with E-state index < -0.39 is 0 Å². The molecule has 5 rings (SSSR count). The summed E-state index contributed by atoms with van der Waals surface area (Å²) in [4.78, 5) is 14.9. The van der Waals surface area contributed by atoms with Crippen LogP contribution in [0.1, 0.15) is 44.9 Å². The summed E-state index contributed by atoms with van der Waals surface area (Å²) in [5.41, 5.74) is 0.288. The molecule has 0 aromatic rings. The van der Waals surface area contributed by atoms with E-state index in [1.807, 2.05) is 0 Å². The van der Waals surface area contributed by atoms with Crippen molar-refractivity contribution in [3.63, 3.8) is 0 Å². The summed E-state index contributed by atoms with van der Waals surface area (Å²) < 4.78 is 5.71. The average Bonchev–Trinajstić information content (AvgIpc) is 2.45. The Bertz CT molecular complexity index is 450. The summed E-state index contributed by atoms with van der Waals surface area (Å²) in [5.74, 6) is 1.99. The molecule has 0 spiro atoms. The molecule has 2 atom stereocenters. The molecule has 1 N–H and O–H groups in total. The van der Waals surface area contributed by atoms with E-state index in [4.69, 9.17) is 4.74 Å². The van der Waals surface area contributed by atoms with Crippen LogP contribution in [0.15, 0.2) is 0 Å². The third-order valence-electron chi connectivity index (χ3n) is 6.50. The topological polar surface area (TPSA) is 41.6 Å². The molecule has 1 heterocycles. The lowest BCUT2D eigenvalue weighted by atomic mass is 9.48. The van der Waals surface area contributed by atoms with E-state index in [1.54, 1.807) is 0 Å². The van der Waals surface area contributed by atoms with Gasteiger partial charge in [0, 0.05) is 36.9 Å². The van der Waals surface area contributed by atoms with Crippen molar-refractivity contribution in [2.24, 2.45) is 17.3 Å². The first-order valence-electron chi connectivity index (χ1n) is 9.30. The number of hydrogen-bond donors (Lipinski definition) is 1. The molecule has 1 saturated heterocycles. The number of carbonyl (C=O) groups excluding carboxylic acids is 1. The Balaban J connectivity index is 1.27. The second-order valence-electron chi connectivity index (χ2n) is 8.59. The molecule has 4 aliphatic carbocycles. The zero-order valence-corrected chi connectivity index (χ0v) is 15.6. The molecule has 1 aliphatic heterocycles. The number of nitrogens with zero attached hydrogens (tertiary/aromatic N) is 1. The monoisotopic (exact) mass is 384 g/mol. The first-order valence-corrected chi connectivity index (χ1v) is 10.1. The fourth-order valence-electron chi connectivity index (χ4n) is 6.12. The minimum absolute atomic E-state index is 0.274. The molecule has 4 saturated carbocycles. The molecule has 0 aromatic heterocycles. The van der Waals surface area contributed by atoms with Crippen LogP contribution in [0, 0.1) is 17.3 Å². The van der Waals surface area contributed by atoms with Crippen molar-refractivity contribution in [3.05, 3.63) is 0 Å². The fraction of sp³-hybridized carbons (Fsp3) is 0.944. The van der Waals surface area contributed by atoms with Gasteiger partial charge in [-0.1, -0.05) is 15.9 Å². The van der Waals surface area contributed by atoms with Crippen LogP contribution in [0.5, 0.6) is 0 Å². The third kappa shape index (κ3) is 3.62. The summed E-state index contributed by atoms with van der Waals surface area (Å²) >= 11 is 4.04. The number of alkyl halides is 1. The Labute approximate surface area is 147 Å². The summed E-state index contributed by atoms with van der Waals surface area (Å²) in [6.45, 7) is 5.38. The van der Waals surface area contributed by atoms with Gasteiger partial charge in [-0.2, -0.15) is 0 Å². The van der Waals surface area contributed by atoms with Crippen molar-refractivity contribution in [1.82, 2.24) is 10.2 Å². The SMILES string of the molecule is O=C(CC12CC3CC(CC(Br)(C3)C1)C2)NCCN1CCOCC1. The molecule has 0 radical (unpaired) electrons. The first-order chi connectivity index (χ1) is 11.0. The number of rotatable bonds is 5. The zero-order valence-electron chi connectivity index (χ0n) is 14.0. The van der Waals surface area contributed by atoms with E-state index in [1.165, 1.54) is 38.5 Å². The van der Waals surface area contributed by atoms with Crippen molar-refractivity contribution in [1.29, 1.82) is 0 Å². The van der Waals surface area contributed by atoms with Crippen molar-refractivity contribution < 1.29 is 9.53 Å². The maximum absolute atomic E-state index is 12.5. The second kappa shape index (κ2) is 6.30. The standard InChI is InChI=1S/C18H29BrN2O2/c19-18-10-14-7-15(11-18)9-17(8-14,13-18)12-16(22)20-1-2-21-3-5-23-6-4-21/h14-15H,1-13H2,(H,20,22). The van der Waals surface area contributed by atoms with E-state index in [0.29, 0.717) is 4.32 Å². The minimum atomic E-state index is 0.274. The van der Waals surface area contributed by atoms with Crippen molar-refractivity contribution >= 4 is 21.8 Å². The highest BCUT2D eigenvalue weighted by Gasteiger charge is 2.57. The summed E-state index contributed by atoms with van der Waals surface area (Å²) in [7, 11) is 0. The van der Waals surface area contributed by atoms with Crippen LogP contribution in [0.4, 0.5) is 0 Å². The van der Waals surface area contributed by atoms with Gasteiger partial charge < -0.3 is 10.1 Å². The lowest BCUT2D eigenvalue weighted by molar-refractivity contribution is -0.128. The maximum atomic E-state index is 12.5. The largest absolute Gasteiger partial charge is 0.379 e. The van der Waals surface area contributed by atoms with Gasteiger partial charge in [-0.15, -0.1) is 0 Å². The summed E-state index contributed by atoms with van der Waals surface area (Å²) in [5, 5.41) is 3.18. The molecule has 2 unspecified atom stereocenters.